The SMILES string of the molecule is CCCN1Cc2cccc(C(=O)Nc3ccc(S(=O)(=O)N4CCCCCC4)cc3)c2C1=O. The Morgan fingerprint density at radius 1 is 1.00 bits per heavy atom. The Morgan fingerprint density at radius 3 is 2.34 bits per heavy atom. The fourth-order valence-electron chi connectivity index (χ4n) is 4.40. The van der Waals surface area contributed by atoms with Crippen LogP contribution in [0.3, 0.4) is 0 Å². The molecular formula is C24H29N3O4S. The molecule has 0 saturated carbocycles. The number of hydrogen-bond acceptors (Lipinski definition) is 4. The molecule has 2 heterocycles. The van der Waals surface area contributed by atoms with Crippen molar-refractivity contribution in [2.45, 2.75) is 50.5 Å². The van der Waals surface area contributed by atoms with Gasteiger partial charge >= 0.3 is 0 Å². The van der Waals surface area contributed by atoms with Gasteiger partial charge in [-0.15, -0.1) is 0 Å². The van der Waals surface area contributed by atoms with Crippen molar-refractivity contribution in [2.24, 2.45) is 0 Å². The summed E-state index contributed by atoms with van der Waals surface area (Å²) in [6.45, 7) is 4.28. The highest BCUT2D eigenvalue weighted by Crippen LogP contribution is 2.27. The first kappa shape index (κ1) is 22.5. The highest BCUT2D eigenvalue weighted by Gasteiger charge is 2.31. The quantitative estimate of drug-likeness (QED) is 0.716. The monoisotopic (exact) mass is 455 g/mol. The fourth-order valence-corrected chi connectivity index (χ4v) is 5.92. The van der Waals surface area contributed by atoms with Gasteiger partial charge in [-0.05, 0) is 55.2 Å². The average Bonchev–Trinajstić information content (AvgIpc) is 2.96. The van der Waals surface area contributed by atoms with E-state index in [1.165, 1.54) is 12.1 Å². The van der Waals surface area contributed by atoms with Gasteiger partial charge in [0.2, 0.25) is 10.0 Å². The zero-order chi connectivity index (χ0) is 22.7. The van der Waals surface area contributed by atoms with E-state index in [-0.39, 0.29) is 16.7 Å². The van der Waals surface area contributed by atoms with E-state index in [0.717, 1.165) is 37.7 Å². The number of carbonyl (C=O) groups excluding carboxylic acids is 2. The highest BCUT2D eigenvalue weighted by molar-refractivity contribution is 7.89. The standard InChI is InChI=1S/C24H29N3O4S/c1-2-14-26-17-18-8-7-9-21(22(18)24(26)29)23(28)25-19-10-12-20(13-11-19)32(30,31)27-15-5-3-4-6-16-27/h7-13H,2-6,14-17H2,1H3,(H,25,28). The molecule has 2 aromatic carbocycles. The van der Waals surface area contributed by atoms with Crippen LogP contribution >= 0.6 is 0 Å². The average molecular weight is 456 g/mol. The predicted octanol–water partition coefficient (Wildman–Crippen LogP) is 3.87. The number of carbonyl (C=O) groups is 2. The number of benzene rings is 2. The van der Waals surface area contributed by atoms with Gasteiger partial charge in [-0.3, -0.25) is 9.59 Å². The molecule has 1 saturated heterocycles. The van der Waals surface area contributed by atoms with Crippen molar-refractivity contribution < 1.29 is 18.0 Å². The molecule has 2 aromatic rings. The summed E-state index contributed by atoms with van der Waals surface area (Å²) in [4.78, 5) is 27.7. The molecule has 2 aliphatic rings. The van der Waals surface area contributed by atoms with Gasteiger partial charge in [0, 0.05) is 31.9 Å². The molecule has 0 unspecified atom stereocenters. The van der Waals surface area contributed by atoms with E-state index in [2.05, 4.69) is 5.32 Å². The Labute approximate surface area is 189 Å². The van der Waals surface area contributed by atoms with Crippen molar-refractivity contribution >= 4 is 27.5 Å². The summed E-state index contributed by atoms with van der Waals surface area (Å²) in [5, 5.41) is 2.81. The molecule has 0 bridgehead atoms. The molecule has 170 valence electrons. The van der Waals surface area contributed by atoms with Crippen LogP contribution in [-0.4, -0.2) is 49.1 Å². The minimum Gasteiger partial charge on any atom is -0.334 e. The van der Waals surface area contributed by atoms with Crippen molar-refractivity contribution in [2.75, 3.05) is 25.0 Å². The van der Waals surface area contributed by atoms with E-state index in [4.69, 9.17) is 0 Å². The summed E-state index contributed by atoms with van der Waals surface area (Å²) in [6, 6.07) is 11.6. The van der Waals surface area contributed by atoms with E-state index in [1.54, 1.807) is 33.5 Å². The van der Waals surface area contributed by atoms with Crippen LogP contribution in [0.5, 0.6) is 0 Å². The third-order valence-corrected chi connectivity index (χ3v) is 7.98. The Bertz CT molecular complexity index is 1100. The third kappa shape index (κ3) is 4.42. The highest BCUT2D eigenvalue weighted by atomic mass is 32.2. The zero-order valence-corrected chi connectivity index (χ0v) is 19.2. The van der Waals surface area contributed by atoms with Crippen LogP contribution in [0, 0.1) is 0 Å². The van der Waals surface area contributed by atoms with Crippen LogP contribution < -0.4 is 5.32 Å². The van der Waals surface area contributed by atoms with Crippen LogP contribution in [0.15, 0.2) is 47.4 Å². The second-order valence-electron chi connectivity index (χ2n) is 8.36. The lowest BCUT2D eigenvalue weighted by molar-refractivity contribution is 0.0774. The van der Waals surface area contributed by atoms with E-state index >= 15 is 0 Å². The molecule has 1 N–H and O–H groups in total. The number of nitrogens with zero attached hydrogens (tertiary/aromatic N) is 2. The lowest BCUT2D eigenvalue weighted by atomic mass is 10.0. The van der Waals surface area contributed by atoms with Crippen LogP contribution in [0.4, 0.5) is 5.69 Å². The van der Waals surface area contributed by atoms with E-state index < -0.39 is 10.0 Å². The Balaban J connectivity index is 1.50. The molecule has 1 fully saturated rings. The van der Waals surface area contributed by atoms with Gasteiger partial charge in [-0.2, -0.15) is 4.31 Å². The largest absolute Gasteiger partial charge is 0.334 e. The minimum atomic E-state index is -3.54. The van der Waals surface area contributed by atoms with Gasteiger partial charge in [-0.25, -0.2) is 8.42 Å². The van der Waals surface area contributed by atoms with Gasteiger partial charge in [-0.1, -0.05) is 31.9 Å². The third-order valence-electron chi connectivity index (χ3n) is 6.07. The summed E-state index contributed by atoms with van der Waals surface area (Å²) in [5.74, 6) is -0.497. The molecule has 7 nitrogen and oxygen atoms in total. The summed E-state index contributed by atoms with van der Waals surface area (Å²) >= 11 is 0. The summed E-state index contributed by atoms with van der Waals surface area (Å²) in [6.07, 6.45) is 4.72. The first-order valence-corrected chi connectivity index (χ1v) is 12.7. The molecule has 32 heavy (non-hydrogen) atoms. The summed E-state index contributed by atoms with van der Waals surface area (Å²) in [5.41, 5.74) is 2.14. The van der Waals surface area contributed by atoms with Gasteiger partial charge in [0.25, 0.3) is 11.8 Å². The van der Waals surface area contributed by atoms with Crippen molar-refractivity contribution in [1.29, 1.82) is 0 Å². The summed E-state index contributed by atoms with van der Waals surface area (Å²) < 4.78 is 27.4. The Hall–Kier alpha value is -2.71. The molecule has 8 heteroatoms. The first-order valence-electron chi connectivity index (χ1n) is 11.2. The van der Waals surface area contributed by atoms with Crippen LogP contribution in [0.2, 0.25) is 0 Å². The van der Waals surface area contributed by atoms with E-state index in [0.29, 0.717) is 43.0 Å². The summed E-state index contributed by atoms with van der Waals surface area (Å²) in [7, 11) is -3.54. The molecule has 0 aliphatic carbocycles. The maximum Gasteiger partial charge on any atom is 0.256 e. The minimum absolute atomic E-state index is 0.119. The van der Waals surface area contributed by atoms with E-state index in [1.807, 2.05) is 13.0 Å². The Morgan fingerprint density at radius 2 is 1.69 bits per heavy atom. The molecule has 0 aromatic heterocycles. The van der Waals surface area contributed by atoms with E-state index in [9.17, 15) is 18.0 Å². The second-order valence-corrected chi connectivity index (χ2v) is 10.3. The van der Waals surface area contributed by atoms with Gasteiger partial charge in [0.15, 0.2) is 0 Å². The van der Waals surface area contributed by atoms with Gasteiger partial charge in [0.05, 0.1) is 16.0 Å². The number of nitrogens with one attached hydrogen (secondary N) is 1. The lowest BCUT2D eigenvalue weighted by Gasteiger charge is -2.20. The maximum atomic E-state index is 12.9. The van der Waals surface area contributed by atoms with Crippen LogP contribution in [0.1, 0.15) is 65.3 Å². The van der Waals surface area contributed by atoms with Gasteiger partial charge < -0.3 is 10.2 Å². The van der Waals surface area contributed by atoms with Crippen molar-refractivity contribution in [3.63, 3.8) is 0 Å². The molecule has 0 spiro atoms. The molecule has 0 radical (unpaired) electrons. The van der Waals surface area contributed by atoms with Crippen LogP contribution in [-0.2, 0) is 16.6 Å². The molecule has 4 rings (SSSR count). The number of fused-ring (bicyclic) bond motifs is 1. The lowest BCUT2D eigenvalue weighted by Crippen LogP contribution is -2.31. The topological polar surface area (TPSA) is 86.8 Å². The predicted molar refractivity (Wildman–Crippen MR) is 123 cm³/mol. The Kier molecular flexibility index (Phi) is 6.62. The number of amides is 2. The number of anilines is 1. The normalized spacial score (nSPS) is 17.2. The van der Waals surface area contributed by atoms with Crippen LogP contribution in [0.25, 0.3) is 0 Å². The second kappa shape index (κ2) is 9.42. The molecular weight excluding hydrogens is 426 g/mol. The van der Waals surface area contributed by atoms with Crippen molar-refractivity contribution in [3.05, 3.63) is 59.2 Å². The fraction of sp³-hybridized carbons (Fsp3) is 0.417. The van der Waals surface area contributed by atoms with Crippen molar-refractivity contribution in [1.82, 2.24) is 9.21 Å². The molecule has 2 aliphatic heterocycles. The zero-order valence-electron chi connectivity index (χ0n) is 18.3. The molecule has 0 atom stereocenters. The molecule has 2 amide bonds. The first-order chi connectivity index (χ1) is 15.4. The van der Waals surface area contributed by atoms with Gasteiger partial charge in [0.1, 0.15) is 0 Å². The number of rotatable bonds is 6. The van der Waals surface area contributed by atoms with Crippen molar-refractivity contribution in [3.8, 4) is 0 Å². The smallest absolute Gasteiger partial charge is 0.256 e. The maximum absolute atomic E-state index is 12.9. The number of sulfonamides is 1. The number of hydrogen-bond donors (Lipinski definition) is 1.